The number of carbonyl (C=O) groups excluding carboxylic acids is 1. The molecule has 0 spiro atoms. The number of primary amides is 1. The van der Waals surface area contributed by atoms with Gasteiger partial charge >= 0.3 is 5.69 Å². The average Bonchev–Trinajstić information content (AvgIpc) is 3.47. The van der Waals surface area contributed by atoms with Crippen LogP contribution < -0.4 is 16.4 Å². The predicted molar refractivity (Wildman–Crippen MR) is 138 cm³/mol. The van der Waals surface area contributed by atoms with Gasteiger partial charge in [-0.2, -0.15) is 5.10 Å². The Morgan fingerprint density at radius 3 is 2.50 bits per heavy atom. The van der Waals surface area contributed by atoms with E-state index in [9.17, 15) is 9.59 Å². The van der Waals surface area contributed by atoms with Gasteiger partial charge in [-0.05, 0) is 48.9 Å². The summed E-state index contributed by atoms with van der Waals surface area (Å²) in [5.41, 5.74) is 8.11. The van der Waals surface area contributed by atoms with Crippen LogP contribution in [-0.2, 0) is 16.1 Å². The number of nitrogens with two attached hydrogens (primary N) is 1. The quantitative estimate of drug-likeness (QED) is 0.527. The van der Waals surface area contributed by atoms with E-state index in [0.29, 0.717) is 37.3 Å². The van der Waals surface area contributed by atoms with Crippen molar-refractivity contribution in [2.75, 3.05) is 24.8 Å². The minimum atomic E-state index is -0.874. The highest BCUT2D eigenvalue weighted by Gasteiger charge is 2.35. The molecule has 5 rings (SSSR count). The van der Waals surface area contributed by atoms with Crippen molar-refractivity contribution in [3.05, 3.63) is 81.2 Å². The maximum absolute atomic E-state index is 13.4. The number of amides is 1. The Balaban J connectivity index is 1.57. The molecule has 2 aliphatic rings. The number of benzene rings is 2. The van der Waals surface area contributed by atoms with Crippen molar-refractivity contribution in [3.63, 3.8) is 0 Å². The molecule has 0 saturated carbocycles. The highest BCUT2D eigenvalue weighted by atomic mass is 35.5. The summed E-state index contributed by atoms with van der Waals surface area (Å²) in [6.45, 7) is 3.87. The second-order valence-electron chi connectivity index (χ2n) is 9.31. The van der Waals surface area contributed by atoms with Crippen molar-refractivity contribution in [2.45, 2.75) is 38.3 Å². The van der Waals surface area contributed by atoms with Crippen LogP contribution in [0.1, 0.15) is 42.9 Å². The molecule has 2 N–H and O–H groups in total. The molecule has 2 unspecified atom stereocenters. The third-order valence-corrected chi connectivity index (χ3v) is 7.16. The van der Waals surface area contributed by atoms with E-state index in [0.717, 1.165) is 29.7 Å². The van der Waals surface area contributed by atoms with Crippen molar-refractivity contribution < 1.29 is 9.53 Å². The highest BCUT2D eigenvalue weighted by Crippen LogP contribution is 2.32. The lowest BCUT2D eigenvalue weighted by molar-refractivity contribution is -0.120. The summed E-state index contributed by atoms with van der Waals surface area (Å²) in [6.07, 6.45) is 1.72. The number of carbonyl (C=O) groups is 1. The molecule has 36 heavy (non-hydrogen) atoms. The van der Waals surface area contributed by atoms with Gasteiger partial charge in [-0.3, -0.25) is 4.79 Å². The van der Waals surface area contributed by atoms with Gasteiger partial charge in [0.2, 0.25) is 11.9 Å². The molecule has 0 aliphatic carbocycles. The minimum Gasteiger partial charge on any atom is -0.381 e. The zero-order chi connectivity index (χ0) is 25.2. The molecule has 0 radical (unpaired) electrons. The molecule has 2 aliphatic heterocycles. The lowest BCUT2D eigenvalue weighted by Crippen LogP contribution is -2.36. The summed E-state index contributed by atoms with van der Waals surface area (Å²) >= 11 is 6.13. The van der Waals surface area contributed by atoms with Crippen molar-refractivity contribution in [1.82, 2.24) is 14.3 Å². The van der Waals surface area contributed by atoms with Gasteiger partial charge < -0.3 is 10.5 Å². The number of ether oxygens (including phenoxy) is 1. The summed E-state index contributed by atoms with van der Waals surface area (Å²) in [5.74, 6) is -0.0892. The smallest absolute Gasteiger partial charge is 0.348 e. The SMILES string of the molecule is CC(C(N)=O)n1c(N2CC(c3ccccc3)C(c3ccc(Cl)cc3)=N2)nn(CC2CCOCC2)c1=O. The zero-order valence-electron chi connectivity index (χ0n) is 20.1. The number of nitrogens with zero attached hydrogens (tertiary/aromatic N) is 5. The van der Waals surface area contributed by atoms with Crippen LogP contribution in [0.25, 0.3) is 0 Å². The fraction of sp³-hybridized carbons (Fsp3) is 0.385. The van der Waals surface area contributed by atoms with Gasteiger partial charge in [0, 0.05) is 30.7 Å². The summed E-state index contributed by atoms with van der Waals surface area (Å²) in [5, 5.41) is 11.9. The lowest BCUT2D eigenvalue weighted by atomic mass is 9.91. The van der Waals surface area contributed by atoms with E-state index in [1.54, 1.807) is 11.9 Å². The van der Waals surface area contributed by atoms with E-state index in [-0.39, 0.29) is 17.5 Å². The molecule has 1 amide bonds. The normalized spacial score (nSPS) is 19.3. The number of hydrogen-bond acceptors (Lipinski definition) is 6. The van der Waals surface area contributed by atoms with Crippen LogP contribution in [0.15, 0.2) is 64.5 Å². The highest BCUT2D eigenvalue weighted by molar-refractivity contribution is 6.30. The van der Waals surface area contributed by atoms with Crippen LogP contribution in [0, 0.1) is 5.92 Å². The fourth-order valence-corrected chi connectivity index (χ4v) is 4.92. The Morgan fingerprint density at radius 1 is 1.14 bits per heavy atom. The minimum absolute atomic E-state index is 0.0690. The Bertz CT molecular complexity index is 1310. The molecular formula is C26H29ClN6O3. The second-order valence-corrected chi connectivity index (χ2v) is 9.74. The van der Waals surface area contributed by atoms with Crippen molar-refractivity contribution in [1.29, 1.82) is 0 Å². The van der Waals surface area contributed by atoms with E-state index >= 15 is 0 Å². The van der Waals surface area contributed by atoms with Crippen LogP contribution >= 0.6 is 11.6 Å². The number of rotatable bonds is 7. The number of hydrazone groups is 1. The van der Waals surface area contributed by atoms with Crippen LogP contribution in [0.4, 0.5) is 5.95 Å². The van der Waals surface area contributed by atoms with Gasteiger partial charge in [-0.1, -0.05) is 54.1 Å². The van der Waals surface area contributed by atoms with Crippen molar-refractivity contribution in [3.8, 4) is 0 Å². The fourth-order valence-electron chi connectivity index (χ4n) is 4.80. The first kappa shape index (κ1) is 24.3. The zero-order valence-corrected chi connectivity index (χ0v) is 20.8. The van der Waals surface area contributed by atoms with Gasteiger partial charge in [0.15, 0.2) is 0 Å². The average molecular weight is 509 g/mol. The molecule has 0 bridgehead atoms. The van der Waals surface area contributed by atoms with E-state index in [1.807, 2.05) is 42.5 Å². The Labute approximate surface area is 214 Å². The Kier molecular flexibility index (Phi) is 6.93. The Morgan fingerprint density at radius 2 is 1.83 bits per heavy atom. The maximum atomic E-state index is 13.4. The molecule has 9 nitrogen and oxygen atoms in total. The van der Waals surface area contributed by atoms with E-state index in [1.165, 1.54) is 9.25 Å². The molecular weight excluding hydrogens is 480 g/mol. The molecule has 2 atom stereocenters. The van der Waals surface area contributed by atoms with E-state index in [4.69, 9.17) is 27.2 Å². The van der Waals surface area contributed by atoms with Gasteiger partial charge in [0.1, 0.15) is 6.04 Å². The third-order valence-electron chi connectivity index (χ3n) is 6.91. The summed E-state index contributed by atoms with van der Waals surface area (Å²) in [6, 6.07) is 16.7. The number of anilines is 1. The van der Waals surface area contributed by atoms with E-state index < -0.39 is 11.9 Å². The molecule has 2 aromatic carbocycles. The summed E-state index contributed by atoms with van der Waals surface area (Å²) < 4.78 is 8.26. The maximum Gasteiger partial charge on any atom is 0.348 e. The summed E-state index contributed by atoms with van der Waals surface area (Å²) in [4.78, 5) is 25.6. The first-order chi connectivity index (χ1) is 17.4. The van der Waals surface area contributed by atoms with Crippen LogP contribution in [-0.4, -0.2) is 45.7 Å². The number of halogens is 1. The molecule has 3 aromatic rings. The third kappa shape index (κ3) is 4.81. The molecule has 10 heteroatoms. The van der Waals surface area contributed by atoms with Crippen molar-refractivity contribution >= 4 is 29.2 Å². The van der Waals surface area contributed by atoms with Crippen LogP contribution in [0.5, 0.6) is 0 Å². The van der Waals surface area contributed by atoms with E-state index in [2.05, 4.69) is 17.2 Å². The van der Waals surface area contributed by atoms with Crippen molar-refractivity contribution in [2.24, 2.45) is 16.8 Å². The molecule has 188 valence electrons. The topological polar surface area (TPSA) is 108 Å². The standard InChI is InChI=1S/C26H29ClN6O3/c1-17(24(28)34)33-25(30-32(26(33)35)15-18-11-13-36-14-12-18)31-16-22(19-5-3-2-4-6-19)23(29-31)20-7-9-21(27)10-8-20/h2-10,17-18,22H,11-16H2,1H3,(H2,28,34). The number of hydrogen-bond donors (Lipinski definition) is 1. The second kappa shape index (κ2) is 10.3. The van der Waals surface area contributed by atoms with Gasteiger partial charge in [0.25, 0.3) is 0 Å². The van der Waals surface area contributed by atoms with Gasteiger partial charge in [0.05, 0.1) is 12.3 Å². The predicted octanol–water partition coefficient (Wildman–Crippen LogP) is 3.18. The van der Waals surface area contributed by atoms with Gasteiger partial charge in [-0.15, -0.1) is 5.10 Å². The first-order valence-corrected chi connectivity index (χ1v) is 12.5. The van der Waals surface area contributed by atoms with Crippen LogP contribution in [0.2, 0.25) is 5.02 Å². The summed E-state index contributed by atoms with van der Waals surface area (Å²) in [7, 11) is 0. The monoisotopic (exact) mass is 508 g/mol. The lowest BCUT2D eigenvalue weighted by Gasteiger charge is -2.21. The molecule has 1 saturated heterocycles. The number of aromatic nitrogens is 3. The molecule has 3 heterocycles. The first-order valence-electron chi connectivity index (χ1n) is 12.2. The van der Waals surface area contributed by atoms with Gasteiger partial charge in [-0.25, -0.2) is 19.1 Å². The molecule has 1 fully saturated rings. The molecule has 1 aromatic heterocycles. The van der Waals surface area contributed by atoms with Crippen LogP contribution in [0.3, 0.4) is 0 Å². The largest absolute Gasteiger partial charge is 0.381 e. The Hall–Kier alpha value is -3.43.